The lowest BCUT2D eigenvalue weighted by molar-refractivity contribution is -0.215. The summed E-state index contributed by atoms with van der Waals surface area (Å²) in [6.07, 6.45) is -6.15. The fourth-order valence-electron chi connectivity index (χ4n) is 4.55. The van der Waals surface area contributed by atoms with E-state index in [0.29, 0.717) is 0 Å². The van der Waals surface area contributed by atoms with Gasteiger partial charge in [0.1, 0.15) is 24.4 Å². The van der Waals surface area contributed by atoms with Gasteiger partial charge in [-0.1, -0.05) is 30.4 Å². The second kappa shape index (κ2) is 12.6. The molecular formula is C24H34O10S. The van der Waals surface area contributed by atoms with Crippen LogP contribution < -0.4 is 0 Å². The number of aliphatic carboxylic acids is 1. The first kappa shape index (κ1) is 28.0. The maximum atomic E-state index is 11.6. The highest BCUT2D eigenvalue weighted by Gasteiger charge is 2.50. The van der Waals surface area contributed by atoms with Crippen LogP contribution in [0.3, 0.4) is 0 Å². The van der Waals surface area contributed by atoms with Gasteiger partial charge in [0, 0.05) is 16.1 Å². The van der Waals surface area contributed by atoms with Crippen LogP contribution in [0.2, 0.25) is 0 Å². The summed E-state index contributed by atoms with van der Waals surface area (Å²) >= 11 is 1.28. The Labute approximate surface area is 207 Å². The number of aliphatic hydroxyl groups is 6. The molecule has 0 radical (unpaired) electrons. The van der Waals surface area contributed by atoms with Gasteiger partial charge >= 0.3 is 5.97 Å². The summed E-state index contributed by atoms with van der Waals surface area (Å²) in [6.45, 7) is 1.05. The van der Waals surface area contributed by atoms with Crippen molar-refractivity contribution < 1.29 is 50.0 Å². The van der Waals surface area contributed by atoms with E-state index in [0.717, 1.165) is 4.90 Å². The van der Waals surface area contributed by atoms with E-state index in [1.54, 1.807) is 19.1 Å². The Bertz CT molecular complexity index is 839. The van der Waals surface area contributed by atoms with Gasteiger partial charge in [-0.15, -0.1) is 11.8 Å². The molecule has 0 amide bonds. The van der Waals surface area contributed by atoms with Crippen molar-refractivity contribution in [1.29, 1.82) is 0 Å². The van der Waals surface area contributed by atoms with E-state index in [-0.39, 0.29) is 12.8 Å². The summed E-state index contributed by atoms with van der Waals surface area (Å²) < 4.78 is 11.5. The summed E-state index contributed by atoms with van der Waals surface area (Å²) in [7, 11) is 0. The Balaban J connectivity index is 1.76. The lowest BCUT2D eigenvalue weighted by atomic mass is 9.83. The number of aliphatic hydroxyl groups excluding tert-OH is 6. The Morgan fingerprint density at radius 1 is 0.943 bits per heavy atom. The van der Waals surface area contributed by atoms with Crippen molar-refractivity contribution in [1.82, 2.24) is 0 Å². The first-order valence-corrected chi connectivity index (χ1v) is 12.4. The highest BCUT2D eigenvalue weighted by molar-refractivity contribution is 8.00. The Morgan fingerprint density at radius 3 is 2.17 bits per heavy atom. The Hall–Kier alpha value is -1.54. The molecule has 1 unspecified atom stereocenters. The topological polar surface area (TPSA) is 177 Å². The quantitative estimate of drug-likeness (QED) is 0.212. The molecule has 1 aromatic rings. The number of hydrogen-bond donors (Lipinski definition) is 7. The van der Waals surface area contributed by atoms with Crippen LogP contribution in [-0.2, 0) is 14.3 Å². The Morgan fingerprint density at radius 2 is 1.57 bits per heavy atom. The van der Waals surface area contributed by atoms with E-state index < -0.39 is 78.7 Å². The predicted octanol–water partition coefficient (Wildman–Crippen LogP) is -0.464. The molecule has 0 aromatic heterocycles. The molecule has 35 heavy (non-hydrogen) atoms. The third-order valence-electron chi connectivity index (χ3n) is 6.54. The van der Waals surface area contributed by atoms with Gasteiger partial charge in [-0.3, -0.25) is 0 Å². The lowest BCUT2D eigenvalue weighted by Crippen LogP contribution is -2.59. The number of benzene rings is 1. The van der Waals surface area contributed by atoms with E-state index >= 15 is 0 Å². The summed E-state index contributed by atoms with van der Waals surface area (Å²) in [5.74, 6) is -2.58. The largest absolute Gasteiger partial charge is 0.479 e. The van der Waals surface area contributed by atoms with Gasteiger partial charge in [0.15, 0.2) is 6.10 Å². The van der Waals surface area contributed by atoms with Crippen LogP contribution in [-0.4, -0.2) is 109 Å². The molecule has 10 nitrogen and oxygen atoms in total. The molecule has 3 rings (SSSR count). The molecule has 0 bridgehead atoms. The third-order valence-corrected chi connectivity index (χ3v) is 7.97. The number of rotatable bonds is 9. The molecule has 2 fully saturated rings. The monoisotopic (exact) mass is 514 g/mol. The molecule has 11 atom stereocenters. The zero-order valence-corrected chi connectivity index (χ0v) is 20.1. The fourth-order valence-corrected chi connectivity index (χ4v) is 5.97. The maximum absolute atomic E-state index is 11.6. The van der Waals surface area contributed by atoms with E-state index in [4.69, 9.17) is 9.47 Å². The minimum absolute atomic E-state index is 0.242. The molecule has 2 saturated heterocycles. The number of carboxylic acids is 1. The zero-order chi connectivity index (χ0) is 25.7. The minimum atomic E-state index is -1.86. The smallest absolute Gasteiger partial charge is 0.332 e. The average Bonchev–Trinajstić information content (AvgIpc) is 2.84. The average molecular weight is 515 g/mol. The number of carboxylic acid groups (broad SMARTS) is 1. The van der Waals surface area contributed by atoms with Gasteiger partial charge in [0.2, 0.25) is 0 Å². The molecule has 196 valence electrons. The third kappa shape index (κ3) is 6.62. The van der Waals surface area contributed by atoms with Crippen molar-refractivity contribution in [3.8, 4) is 0 Å². The number of hydrogen-bond acceptors (Lipinski definition) is 10. The van der Waals surface area contributed by atoms with Crippen molar-refractivity contribution in [2.45, 2.75) is 84.8 Å². The van der Waals surface area contributed by atoms with Crippen LogP contribution in [0.4, 0.5) is 0 Å². The van der Waals surface area contributed by atoms with Crippen LogP contribution in [0.15, 0.2) is 47.4 Å². The molecule has 0 saturated carbocycles. The molecule has 1 aromatic carbocycles. The number of carbonyl (C=O) groups is 1. The summed E-state index contributed by atoms with van der Waals surface area (Å²) in [6, 6.07) is 9.13. The SMILES string of the molecule is C[C@@H]1O[C@@H](C/C=C/C[C@@H]2O[C@H](CO)[C@@H](O)[C@H](C(O)C(=O)O)[C@H]2Sc2ccccc2)[C@@H](O)[C@H](O)[C@@H]1O. The summed E-state index contributed by atoms with van der Waals surface area (Å²) in [4.78, 5) is 12.4. The van der Waals surface area contributed by atoms with Gasteiger partial charge < -0.3 is 45.2 Å². The normalized spacial score (nSPS) is 38.9. The minimum Gasteiger partial charge on any atom is -0.479 e. The van der Waals surface area contributed by atoms with Gasteiger partial charge in [-0.2, -0.15) is 0 Å². The van der Waals surface area contributed by atoms with Crippen LogP contribution in [0.1, 0.15) is 19.8 Å². The lowest BCUT2D eigenvalue weighted by Gasteiger charge is -2.45. The highest BCUT2D eigenvalue weighted by atomic mass is 32.2. The van der Waals surface area contributed by atoms with E-state index in [9.17, 15) is 40.5 Å². The first-order valence-electron chi connectivity index (χ1n) is 11.6. The molecular weight excluding hydrogens is 480 g/mol. The van der Waals surface area contributed by atoms with Gasteiger partial charge in [-0.05, 0) is 31.9 Å². The van der Waals surface area contributed by atoms with E-state index in [1.165, 1.54) is 11.8 Å². The van der Waals surface area contributed by atoms with Crippen LogP contribution in [0.25, 0.3) is 0 Å². The fraction of sp³-hybridized carbons (Fsp3) is 0.625. The maximum Gasteiger partial charge on any atom is 0.332 e. The van der Waals surface area contributed by atoms with Crippen molar-refractivity contribution >= 4 is 17.7 Å². The zero-order valence-electron chi connectivity index (χ0n) is 19.3. The highest BCUT2D eigenvalue weighted by Crippen LogP contribution is 2.41. The first-order chi connectivity index (χ1) is 16.6. The van der Waals surface area contributed by atoms with E-state index in [2.05, 4.69) is 0 Å². The van der Waals surface area contributed by atoms with Crippen molar-refractivity contribution in [2.24, 2.45) is 5.92 Å². The Kier molecular flexibility index (Phi) is 10.1. The van der Waals surface area contributed by atoms with E-state index in [1.807, 2.05) is 30.3 Å². The molecule has 0 spiro atoms. The van der Waals surface area contributed by atoms with Crippen LogP contribution >= 0.6 is 11.8 Å². The summed E-state index contributed by atoms with van der Waals surface area (Å²) in [5.41, 5.74) is 0. The molecule has 2 aliphatic rings. The van der Waals surface area contributed by atoms with Gasteiger partial charge in [-0.25, -0.2) is 4.79 Å². The van der Waals surface area contributed by atoms with Gasteiger partial charge in [0.25, 0.3) is 0 Å². The molecule has 2 aliphatic heterocycles. The predicted molar refractivity (Wildman–Crippen MR) is 126 cm³/mol. The molecule has 11 heteroatoms. The summed E-state index contributed by atoms with van der Waals surface area (Å²) in [5, 5.41) is 69.7. The molecule has 2 heterocycles. The second-order valence-corrected chi connectivity index (χ2v) is 10.2. The molecule has 0 aliphatic carbocycles. The number of ether oxygens (including phenoxy) is 2. The van der Waals surface area contributed by atoms with Crippen molar-refractivity contribution in [2.75, 3.05) is 6.61 Å². The van der Waals surface area contributed by atoms with Crippen LogP contribution in [0.5, 0.6) is 0 Å². The van der Waals surface area contributed by atoms with Crippen LogP contribution in [0, 0.1) is 5.92 Å². The molecule has 7 N–H and O–H groups in total. The second-order valence-electron chi connectivity index (χ2n) is 8.94. The van der Waals surface area contributed by atoms with Gasteiger partial charge in [0.05, 0.1) is 31.0 Å². The standard InChI is InChI=1S/C24H34O10S/c1-12-18(26)22(30)20(28)14(33-12)9-5-6-10-15-23(35-13-7-3-2-4-8-13)17(21(29)24(31)32)19(27)16(11-25)34-15/h2-8,12,14-23,25-30H,9-11H2,1H3,(H,31,32)/b6-5+/t12-,14-,15-,16+,17+,18+,19+,20+,21?,22+,23-/m0/s1. The number of thioether (sulfide) groups is 1. The van der Waals surface area contributed by atoms with Crippen molar-refractivity contribution in [3.63, 3.8) is 0 Å². The van der Waals surface area contributed by atoms with Crippen molar-refractivity contribution in [3.05, 3.63) is 42.5 Å².